The summed E-state index contributed by atoms with van der Waals surface area (Å²) < 4.78 is 4.79. The topological polar surface area (TPSA) is 111 Å². The molecule has 1 atom stereocenters. The van der Waals surface area contributed by atoms with E-state index in [2.05, 4.69) is 15.5 Å². The molecule has 2 aromatic rings. The van der Waals surface area contributed by atoms with Gasteiger partial charge in [-0.1, -0.05) is 47.5 Å². The largest absolute Gasteiger partial charge is 0.467 e. The SMILES string of the molecule is COC(=O)[C@H](CNC(=O)N1CCC2(CC1)C(=O)N(C)CN2c1ccccc1)NC(=O)c1c(Cl)cccc1Cl. The summed E-state index contributed by atoms with van der Waals surface area (Å²) in [4.78, 5) is 56.7. The third-order valence-corrected chi connectivity index (χ3v) is 7.63. The molecule has 4 amide bonds. The Balaban J connectivity index is 1.39. The third kappa shape index (κ3) is 5.37. The van der Waals surface area contributed by atoms with E-state index in [1.54, 1.807) is 22.9 Å². The second kappa shape index (κ2) is 11.5. The first-order valence-corrected chi connectivity index (χ1v) is 12.9. The number of urea groups is 1. The van der Waals surface area contributed by atoms with E-state index in [0.29, 0.717) is 32.6 Å². The normalized spacial score (nSPS) is 17.4. The highest BCUT2D eigenvalue weighted by Crippen LogP contribution is 2.38. The molecule has 12 heteroatoms. The second-order valence-corrected chi connectivity index (χ2v) is 10.1. The van der Waals surface area contributed by atoms with Gasteiger partial charge in [0, 0.05) is 25.8 Å². The van der Waals surface area contributed by atoms with Gasteiger partial charge in [0.05, 0.1) is 35.9 Å². The summed E-state index contributed by atoms with van der Waals surface area (Å²) in [6.45, 7) is 0.961. The number of para-hydroxylation sites is 1. The van der Waals surface area contributed by atoms with E-state index in [1.165, 1.54) is 19.2 Å². The van der Waals surface area contributed by atoms with Crippen molar-refractivity contribution in [3.05, 3.63) is 64.1 Å². The van der Waals surface area contributed by atoms with Crippen LogP contribution in [0.1, 0.15) is 23.2 Å². The molecule has 2 fully saturated rings. The van der Waals surface area contributed by atoms with Gasteiger partial charge < -0.3 is 30.1 Å². The maximum Gasteiger partial charge on any atom is 0.330 e. The van der Waals surface area contributed by atoms with Crippen LogP contribution in [-0.4, -0.2) is 85.7 Å². The van der Waals surface area contributed by atoms with Gasteiger partial charge in [-0.15, -0.1) is 0 Å². The molecule has 2 aliphatic heterocycles. The van der Waals surface area contributed by atoms with Crippen molar-refractivity contribution in [2.75, 3.05) is 45.4 Å². The number of halogens is 2. The Morgan fingerprint density at radius 1 is 1.03 bits per heavy atom. The van der Waals surface area contributed by atoms with E-state index in [0.717, 1.165) is 5.69 Å². The van der Waals surface area contributed by atoms with Crippen molar-refractivity contribution in [3.8, 4) is 0 Å². The van der Waals surface area contributed by atoms with E-state index >= 15 is 0 Å². The molecule has 10 nitrogen and oxygen atoms in total. The van der Waals surface area contributed by atoms with Crippen LogP contribution >= 0.6 is 23.2 Å². The van der Waals surface area contributed by atoms with Crippen LogP contribution < -0.4 is 15.5 Å². The highest BCUT2D eigenvalue weighted by Gasteiger charge is 2.53. The molecule has 0 radical (unpaired) electrons. The number of likely N-dealkylation sites (tertiary alicyclic amines) is 1. The van der Waals surface area contributed by atoms with Crippen LogP contribution in [0.3, 0.4) is 0 Å². The van der Waals surface area contributed by atoms with Gasteiger partial charge in [0.1, 0.15) is 11.6 Å². The molecule has 38 heavy (non-hydrogen) atoms. The Labute approximate surface area is 230 Å². The Kier molecular flexibility index (Phi) is 8.32. The van der Waals surface area contributed by atoms with E-state index in [1.807, 2.05) is 30.3 Å². The van der Waals surface area contributed by atoms with Crippen molar-refractivity contribution in [2.45, 2.75) is 24.4 Å². The molecule has 4 rings (SSSR count). The number of anilines is 1. The number of likely N-dealkylation sites (N-methyl/N-ethyl adjacent to an activating group) is 1. The lowest BCUT2D eigenvalue weighted by molar-refractivity contribution is -0.142. The molecule has 0 saturated carbocycles. The Morgan fingerprint density at radius 2 is 1.66 bits per heavy atom. The Bertz CT molecular complexity index is 1200. The minimum Gasteiger partial charge on any atom is -0.467 e. The van der Waals surface area contributed by atoms with Crippen LogP contribution in [0.4, 0.5) is 10.5 Å². The summed E-state index contributed by atoms with van der Waals surface area (Å²) in [6.07, 6.45) is 0.918. The van der Waals surface area contributed by atoms with Gasteiger partial charge in [0.15, 0.2) is 0 Å². The number of benzene rings is 2. The van der Waals surface area contributed by atoms with Gasteiger partial charge >= 0.3 is 12.0 Å². The van der Waals surface area contributed by atoms with Crippen molar-refractivity contribution >= 4 is 52.7 Å². The summed E-state index contributed by atoms with van der Waals surface area (Å²) in [5.74, 6) is -1.37. The number of hydrogen-bond donors (Lipinski definition) is 2. The van der Waals surface area contributed by atoms with Crippen LogP contribution in [0, 0.1) is 0 Å². The van der Waals surface area contributed by atoms with Crippen molar-refractivity contribution in [1.82, 2.24) is 20.4 Å². The molecule has 0 unspecified atom stereocenters. The quantitative estimate of drug-likeness (QED) is 0.524. The fraction of sp³-hybridized carbons (Fsp3) is 0.385. The zero-order chi connectivity index (χ0) is 27.4. The smallest absolute Gasteiger partial charge is 0.330 e. The molecular formula is C26H29Cl2N5O5. The zero-order valence-electron chi connectivity index (χ0n) is 21.1. The Morgan fingerprint density at radius 3 is 2.26 bits per heavy atom. The predicted octanol–water partition coefficient (Wildman–Crippen LogP) is 2.75. The van der Waals surface area contributed by atoms with Crippen LogP contribution in [0.2, 0.25) is 10.0 Å². The second-order valence-electron chi connectivity index (χ2n) is 9.26. The molecule has 2 saturated heterocycles. The maximum absolute atomic E-state index is 13.2. The van der Waals surface area contributed by atoms with E-state index in [-0.39, 0.29) is 28.1 Å². The first-order valence-electron chi connectivity index (χ1n) is 12.1. The van der Waals surface area contributed by atoms with Gasteiger partial charge in [-0.25, -0.2) is 9.59 Å². The zero-order valence-corrected chi connectivity index (χ0v) is 22.6. The minimum atomic E-state index is -1.17. The van der Waals surface area contributed by atoms with Crippen LogP contribution in [0.5, 0.6) is 0 Å². The number of piperidine rings is 1. The van der Waals surface area contributed by atoms with Gasteiger partial charge in [-0.05, 0) is 37.1 Å². The molecule has 1 spiro atoms. The number of ether oxygens (including phenoxy) is 1. The highest BCUT2D eigenvalue weighted by molar-refractivity contribution is 6.39. The summed E-state index contributed by atoms with van der Waals surface area (Å²) >= 11 is 12.2. The molecule has 0 aliphatic carbocycles. The van der Waals surface area contributed by atoms with Crippen molar-refractivity contribution in [2.24, 2.45) is 0 Å². The molecule has 2 aromatic carbocycles. The Hall–Kier alpha value is -3.50. The molecule has 2 heterocycles. The molecule has 202 valence electrons. The van der Waals surface area contributed by atoms with Crippen molar-refractivity contribution in [1.29, 1.82) is 0 Å². The molecular weight excluding hydrogens is 533 g/mol. The minimum absolute atomic E-state index is 0.0200. The molecule has 0 bridgehead atoms. The lowest BCUT2D eigenvalue weighted by atomic mass is 9.85. The van der Waals surface area contributed by atoms with Crippen LogP contribution in [-0.2, 0) is 14.3 Å². The van der Waals surface area contributed by atoms with Gasteiger partial charge in [-0.3, -0.25) is 9.59 Å². The fourth-order valence-corrected chi connectivity index (χ4v) is 5.53. The van der Waals surface area contributed by atoms with E-state index < -0.39 is 29.5 Å². The fourth-order valence-electron chi connectivity index (χ4n) is 4.96. The third-order valence-electron chi connectivity index (χ3n) is 7.00. The van der Waals surface area contributed by atoms with Crippen molar-refractivity contribution in [3.63, 3.8) is 0 Å². The highest BCUT2D eigenvalue weighted by atomic mass is 35.5. The monoisotopic (exact) mass is 561 g/mol. The summed E-state index contributed by atoms with van der Waals surface area (Å²) in [5, 5.41) is 5.47. The number of esters is 1. The number of carbonyl (C=O) groups excluding carboxylic acids is 4. The lowest BCUT2D eigenvalue weighted by Gasteiger charge is -2.43. The van der Waals surface area contributed by atoms with Gasteiger partial charge in [0.25, 0.3) is 5.91 Å². The molecule has 2 aliphatic rings. The standard InChI is InChI=1S/C26H29Cl2N5O5/c1-31-16-33(17-7-4-3-5-8-17)26(24(31)36)11-13-32(14-12-26)25(37)29-15-20(23(35)38-2)30-22(34)21-18(27)9-6-10-19(21)28/h3-10,20H,11-16H2,1-2H3,(H,29,37)(H,30,34)/t20-/m0/s1. The summed E-state index contributed by atoms with van der Waals surface area (Å²) in [6, 6.07) is 12.8. The molecule has 0 aromatic heterocycles. The van der Waals surface area contributed by atoms with Crippen LogP contribution in [0.25, 0.3) is 0 Å². The lowest BCUT2D eigenvalue weighted by Crippen LogP contribution is -2.59. The average Bonchev–Trinajstić information content (AvgIpc) is 3.16. The first kappa shape index (κ1) is 27.5. The van der Waals surface area contributed by atoms with E-state index in [4.69, 9.17) is 27.9 Å². The number of carbonyl (C=O) groups is 4. The van der Waals surface area contributed by atoms with Gasteiger partial charge in [0.2, 0.25) is 5.91 Å². The number of methoxy groups -OCH3 is 1. The molecule has 2 N–H and O–H groups in total. The summed E-state index contributed by atoms with van der Waals surface area (Å²) in [7, 11) is 2.97. The number of hydrogen-bond acceptors (Lipinski definition) is 6. The maximum atomic E-state index is 13.2. The number of nitrogens with one attached hydrogen (secondary N) is 2. The van der Waals surface area contributed by atoms with Crippen LogP contribution in [0.15, 0.2) is 48.5 Å². The average molecular weight is 562 g/mol. The summed E-state index contributed by atoms with van der Waals surface area (Å²) in [5.41, 5.74) is 0.258. The number of rotatable bonds is 6. The number of amides is 4. The van der Waals surface area contributed by atoms with Gasteiger partial charge in [-0.2, -0.15) is 0 Å². The van der Waals surface area contributed by atoms with E-state index in [9.17, 15) is 19.2 Å². The first-order chi connectivity index (χ1) is 18.2. The number of nitrogens with zero attached hydrogens (tertiary/aromatic N) is 3. The van der Waals surface area contributed by atoms with Crippen molar-refractivity contribution < 1.29 is 23.9 Å². The predicted molar refractivity (Wildman–Crippen MR) is 143 cm³/mol.